The molecule has 0 aliphatic heterocycles. The van der Waals surface area contributed by atoms with E-state index in [2.05, 4.69) is 15.3 Å². The molecule has 1 aliphatic carbocycles. The molecule has 3 heterocycles. The van der Waals surface area contributed by atoms with E-state index >= 15 is 0 Å². The van der Waals surface area contributed by atoms with E-state index < -0.39 is 0 Å². The van der Waals surface area contributed by atoms with Crippen molar-refractivity contribution in [1.29, 1.82) is 0 Å². The molecule has 5 rings (SSSR count). The van der Waals surface area contributed by atoms with Gasteiger partial charge in [-0.2, -0.15) is 0 Å². The topological polar surface area (TPSA) is 76.9 Å². The van der Waals surface area contributed by atoms with Crippen molar-refractivity contribution in [3.63, 3.8) is 0 Å². The first-order chi connectivity index (χ1) is 15.0. The Morgan fingerprint density at radius 2 is 2.03 bits per heavy atom. The number of nitrogens with one attached hydrogen (secondary N) is 1. The third kappa shape index (κ3) is 3.93. The predicted molar refractivity (Wildman–Crippen MR) is 129 cm³/mol. The molecule has 6 nitrogen and oxygen atoms in total. The van der Waals surface area contributed by atoms with Crippen molar-refractivity contribution in [2.45, 2.75) is 31.3 Å². The number of nitrogens with zero attached hydrogens (tertiary/aromatic N) is 3. The molecule has 0 unspecified atom stereocenters. The molecule has 1 aliphatic rings. The van der Waals surface area contributed by atoms with Crippen LogP contribution >= 0.6 is 34.4 Å². The minimum atomic E-state index is -0.169. The number of thioether (sulfide) groups is 1. The average Bonchev–Trinajstić information content (AvgIpc) is 3.46. The molecule has 31 heavy (non-hydrogen) atoms. The van der Waals surface area contributed by atoms with Crippen LogP contribution in [-0.4, -0.2) is 26.2 Å². The van der Waals surface area contributed by atoms with Crippen LogP contribution in [0.4, 0.5) is 5.13 Å². The highest BCUT2D eigenvalue weighted by atomic mass is 32.2. The van der Waals surface area contributed by atoms with Crippen LogP contribution < -0.4 is 10.9 Å². The number of aryl methyl sites for hydroxylation is 3. The lowest BCUT2D eigenvalue weighted by molar-refractivity contribution is -0.113. The molecule has 0 bridgehead atoms. The van der Waals surface area contributed by atoms with Crippen molar-refractivity contribution < 1.29 is 4.79 Å². The number of aromatic nitrogens is 3. The Morgan fingerprint density at radius 1 is 1.23 bits per heavy atom. The summed E-state index contributed by atoms with van der Waals surface area (Å²) < 4.78 is 1.56. The fourth-order valence-electron chi connectivity index (χ4n) is 3.71. The number of carbonyl (C=O) groups is 1. The Hall–Kier alpha value is -2.49. The average molecular weight is 469 g/mol. The highest BCUT2D eigenvalue weighted by Crippen LogP contribution is 2.35. The molecule has 3 aromatic heterocycles. The van der Waals surface area contributed by atoms with E-state index in [0.29, 0.717) is 10.3 Å². The molecule has 0 atom stereocenters. The van der Waals surface area contributed by atoms with Gasteiger partial charge in [-0.1, -0.05) is 41.6 Å². The van der Waals surface area contributed by atoms with Crippen LogP contribution in [0, 0.1) is 6.92 Å². The van der Waals surface area contributed by atoms with Crippen molar-refractivity contribution in [3.05, 3.63) is 56.0 Å². The first-order valence-electron chi connectivity index (χ1n) is 9.96. The Balaban J connectivity index is 1.28. The van der Waals surface area contributed by atoms with E-state index in [1.165, 1.54) is 39.1 Å². The highest BCUT2D eigenvalue weighted by Gasteiger charge is 2.22. The summed E-state index contributed by atoms with van der Waals surface area (Å²) in [6.07, 6.45) is 3.10. The third-order valence-electron chi connectivity index (χ3n) is 5.34. The maximum Gasteiger partial charge on any atom is 0.262 e. The number of hydrogen-bond donors (Lipinski definition) is 1. The van der Waals surface area contributed by atoms with Gasteiger partial charge in [0.1, 0.15) is 4.83 Å². The molecule has 0 saturated carbocycles. The van der Waals surface area contributed by atoms with Crippen molar-refractivity contribution in [2.24, 2.45) is 7.05 Å². The summed E-state index contributed by atoms with van der Waals surface area (Å²) in [6, 6.07) is 8.13. The second-order valence-corrected chi connectivity index (χ2v) is 10.4. The molecule has 0 spiro atoms. The minimum absolute atomic E-state index is 0.0185. The van der Waals surface area contributed by atoms with Crippen molar-refractivity contribution in [1.82, 2.24) is 14.5 Å². The first kappa shape index (κ1) is 20.4. The van der Waals surface area contributed by atoms with Crippen molar-refractivity contribution in [3.8, 4) is 11.3 Å². The van der Waals surface area contributed by atoms with Gasteiger partial charge < -0.3 is 5.32 Å². The van der Waals surface area contributed by atoms with Gasteiger partial charge in [-0.05, 0) is 31.7 Å². The lowest BCUT2D eigenvalue weighted by Gasteiger charge is -2.07. The standard InChI is InChI=1S/C22H20N4O2S3/c1-12-6-8-13(9-7-12)15-10-29-21(23-15)24-17(27)11-30-22-25-19-18(20(28)26(22)2)14-4-3-5-16(14)31-19/h6-10H,3-5,11H2,1-2H3,(H,23,24,27). The number of thiazole rings is 1. The number of amides is 1. The van der Waals surface area contributed by atoms with Crippen molar-refractivity contribution >= 4 is 55.7 Å². The molecule has 4 aromatic rings. The van der Waals surface area contributed by atoms with Gasteiger partial charge in [0.2, 0.25) is 5.91 Å². The molecule has 0 fully saturated rings. The molecule has 158 valence electrons. The van der Waals surface area contributed by atoms with Crippen LogP contribution in [0.25, 0.3) is 21.5 Å². The molecule has 1 amide bonds. The van der Waals surface area contributed by atoms with Gasteiger partial charge in [0.25, 0.3) is 5.56 Å². The second kappa shape index (κ2) is 8.22. The number of rotatable bonds is 5. The number of benzene rings is 1. The number of carbonyl (C=O) groups excluding carboxylic acids is 1. The zero-order valence-corrected chi connectivity index (χ0v) is 19.5. The third-order valence-corrected chi connectivity index (χ3v) is 8.31. The summed E-state index contributed by atoms with van der Waals surface area (Å²) in [6.45, 7) is 2.04. The summed E-state index contributed by atoms with van der Waals surface area (Å²) >= 11 is 4.29. The molecule has 1 aromatic carbocycles. The van der Waals surface area contributed by atoms with Crippen molar-refractivity contribution in [2.75, 3.05) is 11.1 Å². The van der Waals surface area contributed by atoms with Gasteiger partial charge in [-0.3, -0.25) is 14.2 Å². The SMILES string of the molecule is Cc1ccc(-c2csc(NC(=O)CSc3nc4sc5c(c4c(=O)n3C)CCC5)n2)cc1. The van der Waals surface area contributed by atoms with Gasteiger partial charge in [-0.15, -0.1) is 22.7 Å². The van der Waals surface area contributed by atoms with E-state index in [1.807, 2.05) is 36.6 Å². The minimum Gasteiger partial charge on any atom is -0.301 e. The summed E-state index contributed by atoms with van der Waals surface area (Å²) in [5, 5.41) is 6.67. The lowest BCUT2D eigenvalue weighted by Crippen LogP contribution is -2.21. The molecule has 9 heteroatoms. The number of fused-ring (bicyclic) bond motifs is 3. The van der Waals surface area contributed by atoms with Gasteiger partial charge in [0.05, 0.1) is 16.8 Å². The van der Waals surface area contributed by atoms with Gasteiger partial charge in [0.15, 0.2) is 10.3 Å². The fourth-order valence-corrected chi connectivity index (χ4v) is 6.52. The highest BCUT2D eigenvalue weighted by molar-refractivity contribution is 7.99. The van der Waals surface area contributed by atoms with Crippen LogP contribution in [0.2, 0.25) is 0 Å². The largest absolute Gasteiger partial charge is 0.301 e. The Kier molecular flexibility index (Phi) is 5.41. The van der Waals surface area contributed by atoms with Crippen LogP contribution in [0.3, 0.4) is 0 Å². The monoisotopic (exact) mass is 468 g/mol. The number of anilines is 1. The first-order valence-corrected chi connectivity index (χ1v) is 12.6. The molecular weight excluding hydrogens is 448 g/mol. The fraction of sp³-hybridized carbons (Fsp3) is 0.273. The van der Waals surface area contributed by atoms with E-state index in [9.17, 15) is 9.59 Å². The van der Waals surface area contributed by atoms with Crippen LogP contribution in [0.5, 0.6) is 0 Å². The summed E-state index contributed by atoms with van der Waals surface area (Å²) in [5.41, 5.74) is 4.21. The second-order valence-electron chi connectivity index (χ2n) is 7.54. The van der Waals surface area contributed by atoms with Crippen LogP contribution in [-0.2, 0) is 24.7 Å². The molecule has 0 saturated heterocycles. The molecular formula is C22H20N4O2S3. The quantitative estimate of drug-likeness (QED) is 0.341. The van der Waals surface area contributed by atoms with E-state index in [1.54, 1.807) is 23.0 Å². The number of hydrogen-bond acceptors (Lipinski definition) is 7. The summed E-state index contributed by atoms with van der Waals surface area (Å²) in [5.74, 6) is -0.00566. The van der Waals surface area contributed by atoms with Crippen LogP contribution in [0.15, 0.2) is 39.6 Å². The summed E-state index contributed by atoms with van der Waals surface area (Å²) in [4.78, 5) is 36.6. The molecule has 0 radical (unpaired) electrons. The Labute approximate surface area is 191 Å². The van der Waals surface area contributed by atoms with E-state index in [0.717, 1.165) is 40.7 Å². The smallest absolute Gasteiger partial charge is 0.262 e. The lowest BCUT2D eigenvalue weighted by atomic mass is 10.1. The maximum atomic E-state index is 12.9. The van der Waals surface area contributed by atoms with Gasteiger partial charge in [0, 0.05) is 22.9 Å². The van der Waals surface area contributed by atoms with E-state index in [-0.39, 0.29) is 17.2 Å². The van der Waals surface area contributed by atoms with Gasteiger partial charge >= 0.3 is 0 Å². The van der Waals surface area contributed by atoms with Crippen LogP contribution in [0.1, 0.15) is 22.4 Å². The van der Waals surface area contributed by atoms with E-state index in [4.69, 9.17) is 0 Å². The number of thiophene rings is 1. The zero-order chi connectivity index (χ0) is 21.5. The normalized spacial score (nSPS) is 13.0. The van der Waals surface area contributed by atoms with Gasteiger partial charge in [-0.25, -0.2) is 9.97 Å². The summed E-state index contributed by atoms with van der Waals surface area (Å²) in [7, 11) is 1.72. The predicted octanol–water partition coefficient (Wildman–Crippen LogP) is 4.65. The maximum absolute atomic E-state index is 12.9. The molecule has 1 N–H and O–H groups in total. The zero-order valence-electron chi connectivity index (χ0n) is 17.1. The Bertz CT molecular complexity index is 1350. The Morgan fingerprint density at radius 3 is 2.84 bits per heavy atom.